The van der Waals surface area contributed by atoms with Crippen molar-refractivity contribution < 1.29 is 23.2 Å². The number of fused-ring (bicyclic) bond motifs is 1. The fourth-order valence-electron chi connectivity index (χ4n) is 2.31. The molecule has 1 N–H and O–H groups in total. The summed E-state index contributed by atoms with van der Waals surface area (Å²) >= 11 is 5.63. The van der Waals surface area contributed by atoms with Crippen LogP contribution >= 0.6 is 11.6 Å². The van der Waals surface area contributed by atoms with Crippen molar-refractivity contribution in [2.75, 3.05) is 6.79 Å². The lowest BCUT2D eigenvalue weighted by atomic mass is 10.1. The number of rotatable bonds is 5. The standard InChI is InChI=1S/C15H14ClFN2O4/c16-13-5-12(23-19-13)1-2-14(20)18-6-9-3-11(17)4-10-7-21-8-22-15(9)10/h3-5H,1-2,6-8H2,(H,18,20). The Hall–Kier alpha value is -2.12. The summed E-state index contributed by atoms with van der Waals surface area (Å²) in [6.45, 7) is 0.586. The largest absolute Gasteiger partial charge is 0.467 e. The van der Waals surface area contributed by atoms with Crippen molar-refractivity contribution in [1.29, 1.82) is 0 Å². The van der Waals surface area contributed by atoms with E-state index in [0.717, 1.165) is 0 Å². The summed E-state index contributed by atoms with van der Waals surface area (Å²) in [4.78, 5) is 11.9. The molecule has 3 rings (SSSR count). The highest BCUT2D eigenvalue weighted by Gasteiger charge is 2.17. The molecule has 1 aliphatic rings. The summed E-state index contributed by atoms with van der Waals surface area (Å²) in [5.41, 5.74) is 1.22. The lowest BCUT2D eigenvalue weighted by Gasteiger charge is -2.21. The third kappa shape index (κ3) is 4.00. The summed E-state index contributed by atoms with van der Waals surface area (Å²) in [5, 5.41) is 6.52. The minimum Gasteiger partial charge on any atom is -0.467 e. The normalized spacial score (nSPS) is 13.3. The Morgan fingerprint density at radius 1 is 1.39 bits per heavy atom. The molecule has 0 spiro atoms. The first-order chi connectivity index (χ1) is 11.1. The number of carbonyl (C=O) groups is 1. The van der Waals surface area contributed by atoms with Crippen molar-refractivity contribution in [1.82, 2.24) is 10.5 Å². The summed E-state index contributed by atoms with van der Waals surface area (Å²) in [6, 6.07) is 4.28. The molecule has 0 fully saturated rings. The molecule has 8 heteroatoms. The molecule has 0 saturated heterocycles. The maximum atomic E-state index is 13.6. The van der Waals surface area contributed by atoms with Gasteiger partial charge >= 0.3 is 0 Å². The molecular formula is C15H14ClFN2O4. The molecular weight excluding hydrogens is 327 g/mol. The average molecular weight is 341 g/mol. The lowest BCUT2D eigenvalue weighted by molar-refractivity contribution is -0.121. The van der Waals surface area contributed by atoms with Crippen LogP contribution in [-0.4, -0.2) is 17.9 Å². The van der Waals surface area contributed by atoms with E-state index in [1.54, 1.807) is 6.07 Å². The molecule has 0 radical (unpaired) electrons. The number of halogens is 2. The predicted molar refractivity (Wildman–Crippen MR) is 78.4 cm³/mol. The van der Waals surface area contributed by atoms with Crippen LogP contribution in [0.2, 0.25) is 5.15 Å². The number of ether oxygens (including phenoxy) is 2. The van der Waals surface area contributed by atoms with Gasteiger partial charge in [-0.15, -0.1) is 0 Å². The molecule has 1 amide bonds. The second-order valence-corrected chi connectivity index (χ2v) is 5.44. The van der Waals surface area contributed by atoms with Gasteiger partial charge in [-0.05, 0) is 12.1 Å². The molecule has 122 valence electrons. The highest BCUT2D eigenvalue weighted by molar-refractivity contribution is 6.29. The molecule has 2 heterocycles. The fourth-order valence-corrected chi connectivity index (χ4v) is 2.47. The molecule has 1 aromatic carbocycles. The minimum atomic E-state index is -0.390. The van der Waals surface area contributed by atoms with Gasteiger partial charge in [0.1, 0.15) is 17.3 Å². The highest BCUT2D eigenvalue weighted by Crippen LogP contribution is 2.29. The molecule has 2 aromatic rings. The van der Waals surface area contributed by atoms with Gasteiger partial charge < -0.3 is 19.3 Å². The van der Waals surface area contributed by atoms with E-state index in [0.29, 0.717) is 35.7 Å². The first-order valence-corrected chi connectivity index (χ1v) is 7.39. The number of carbonyl (C=O) groups excluding carboxylic acids is 1. The van der Waals surface area contributed by atoms with Gasteiger partial charge in [-0.25, -0.2) is 4.39 Å². The van der Waals surface area contributed by atoms with Crippen LogP contribution in [0.1, 0.15) is 23.3 Å². The van der Waals surface area contributed by atoms with Crippen LogP contribution in [0.3, 0.4) is 0 Å². The number of hydrogen-bond donors (Lipinski definition) is 1. The molecule has 0 unspecified atom stereocenters. The molecule has 0 atom stereocenters. The number of amides is 1. The number of nitrogens with zero attached hydrogens (tertiary/aromatic N) is 1. The van der Waals surface area contributed by atoms with Gasteiger partial charge in [-0.2, -0.15) is 0 Å². The maximum absolute atomic E-state index is 13.6. The fraction of sp³-hybridized carbons (Fsp3) is 0.333. The van der Waals surface area contributed by atoms with Crippen molar-refractivity contribution in [2.24, 2.45) is 0 Å². The second kappa shape index (κ2) is 6.97. The van der Waals surface area contributed by atoms with Crippen LogP contribution in [-0.2, 0) is 29.1 Å². The smallest absolute Gasteiger partial charge is 0.220 e. The van der Waals surface area contributed by atoms with Gasteiger partial charge in [0.15, 0.2) is 11.9 Å². The Morgan fingerprint density at radius 2 is 2.26 bits per heavy atom. The van der Waals surface area contributed by atoms with Crippen molar-refractivity contribution >= 4 is 17.5 Å². The van der Waals surface area contributed by atoms with Crippen LogP contribution in [0.25, 0.3) is 0 Å². The summed E-state index contributed by atoms with van der Waals surface area (Å²) in [5.74, 6) is 0.523. The van der Waals surface area contributed by atoms with Crippen molar-refractivity contribution in [3.05, 3.63) is 46.1 Å². The molecule has 6 nitrogen and oxygen atoms in total. The van der Waals surface area contributed by atoms with Gasteiger partial charge in [0.2, 0.25) is 5.91 Å². The summed E-state index contributed by atoms with van der Waals surface area (Å²) < 4.78 is 29.0. The third-order valence-electron chi connectivity index (χ3n) is 3.36. The Balaban J connectivity index is 1.57. The lowest BCUT2D eigenvalue weighted by Crippen LogP contribution is -2.24. The molecule has 0 saturated carbocycles. The Bertz CT molecular complexity index is 719. The van der Waals surface area contributed by atoms with E-state index in [2.05, 4.69) is 10.5 Å². The Morgan fingerprint density at radius 3 is 3.04 bits per heavy atom. The van der Waals surface area contributed by atoms with Crippen LogP contribution in [0.5, 0.6) is 5.75 Å². The monoisotopic (exact) mass is 340 g/mol. The topological polar surface area (TPSA) is 73.6 Å². The van der Waals surface area contributed by atoms with Crippen molar-refractivity contribution in [3.8, 4) is 5.75 Å². The van der Waals surface area contributed by atoms with Crippen LogP contribution < -0.4 is 10.1 Å². The van der Waals surface area contributed by atoms with E-state index >= 15 is 0 Å². The predicted octanol–water partition coefficient (Wildman–Crippen LogP) is 2.58. The minimum absolute atomic E-state index is 0.117. The summed E-state index contributed by atoms with van der Waals surface area (Å²) in [7, 11) is 0. The maximum Gasteiger partial charge on any atom is 0.220 e. The van der Waals surface area contributed by atoms with Crippen LogP contribution in [0, 0.1) is 5.82 Å². The van der Waals surface area contributed by atoms with Gasteiger partial charge in [0.25, 0.3) is 0 Å². The number of hydrogen-bond acceptors (Lipinski definition) is 5. The summed E-state index contributed by atoms with van der Waals surface area (Å²) in [6.07, 6.45) is 0.601. The Labute approximate surface area is 136 Å². The van der Waals surface area contributed by atoms with E-state index in [9.17, 15) is 9.18 Å². The Kier molecular flexibility index (Phi) is 4.78. The molecule has 1 aliphatic heterocycles. The van der Waals surface area contributed by atoms with Crippen molar-refractivity contribution in [3.63, 3.8) is 0 Å². The second-order valence-electron chi connectivity index (χ2n) is 5.06. The zero-order chi connectivity index (χ0) is 16.2. The number of nitrogens with one attached hydrogen (secondary N) is 1. The van der Waals surface area contributed by atoms with E-state index in [-0.39, 0.29) is 30.8 Å². The average Bonchev–Trinajstić information content (AvgIpc) is 2.96. The van der Waals surface area contributed by atoms with E-state index in [1.807, 2.05) is 0 Å². The zero-order valence-electron chi connectivity index (χ0n) is 12.1. The SMILES string of the molecule is O=C(CCc1cc(Cl)no1)NCc1cc(F)cc2c1OCOC2. The van der Waals surface area contributed by atoms with Gasteiger partial charge in [0.05, 0.1) is 6.61 Å². The first kappa shape index (κ1) is 15.8. The van der Waals surface area contributed by atoms with E-state index in [1.165, 1.54) is 12.1 Å². The number of aromatic nitrogens is 1. The molecule has 0 aliphatic carbocycles. The van der Waals surface area contributed by atoms with Crippen molar-refractivity contribution in [2.45, 2.75) is 26.0 Å². The number of benzene rings is 1. The molecule has 1 aromatic heterocycles. The van der Waals surface area contributed by atoms with E-state index in [4.69, 9.17) is 25.6 Å². The van der Waals surface area contributed by atoms with Gasteiger partial charge in [-0.3, -0.25) is 4.79 Å². The third-order valence-corrected chi connectivity index (χ3v) is 3.53. The highest BCUT2D eigenvalue weighted by atomic mass is 35.5. The van der Waals surface area contributed by atoms with Crippen LogP contribution in [0.4, 0.5) is 4.39 Å². The van der Waals surface area contributed by atoms with Gasteiger partial charge in [0, 0.05) is 36.6 Å². The van der Waals surface area contributed by atoms with Crippen LogP contribution in [0.15, 0.2) is 22.7 Å². The zero-order valence-corrected chi connectivity index (χ0v) is 12.9. The first-order valence-electron chi connectivity index (χ1n) is 7.01. The van der Waals surface area contributed by atoms with Gasteiger partial charge in [-0.1, -0.05) is 16.8 Å². The molecule has 23 heavy (non-hydrogen) atoms. The van der Waals surface area contributed by atoms with E-state index < -0.39 is 5.82 Å². The molecule has 0 bridgehead atoms. The number of aryl methyl sites for hydroxylation is 1. The quantitative estimate of drug-likeness (QED) is 0.905.